The van der Waals surface area contributed by atoms with Crippen molar-refractivity contribution in [3.05, 3.63) is 0 Å². The molecule has 0 aromatic carbocycles. The zero-order valence-corrected chi connectivity index (χ0v) is 11.7. The lowest BCUT2D eigenvalue weighted by Gasteiger charge is -2.35. The molecule has 0 aromatic heterocycles. The fraction of sp³-hybridized carbons (Fsp3) is 0.833. The molecule has 3 nitrogen and oxygen atoms in total. The van der Waals surface area contributed by atoms with E-state index >= 15 is 0 Å². The van der Waals surface area contributed by atoms with Crippen LogP contribution in [0.15, 0.2) is 0 Å². The molecular weight excluding hydrogens is 272 g/mol. The standard InChI is InChI=1S/C12H19BrO3/c1-11(2,10(15)16-3)9(14)12(13)7-5-4-6-8-12/h4-8H2,1-3H3. The molecule has 1 saturated carbocycles. The number of Topliss-reactive ketones (excluding diaryl/α,β-unsaturated/α-hetero) is 1. The number of rotatable bonds is 3. The van der Waals surface area contributed by atoms with Crippen LogP contribution in [-0.4, -0.2) is 23.2 Å². The third-order valence-corrected chi connectivity index (χ3v) is 4.47. The quantitative estimate of drug-likeness (QED) is 0.456. The number of ketones is 1. The highest BCUT2D eigenvalue weighted by Crippen LogP contribution is 2.41. The van der Waals surface area contributed by atoms with Gasteiger partial charge in [-0.15, -0.1) is 0 Å². The number of hydrogen-bond acceptors (Lipinski definition) is 3. The number of esters is 1. The lowest BCUT2D eigenvalue weighted by molar-refractivity contribution is -0.156. The third-order valence-electron chi connectivity index (χ3n) is 3.32. The van der Waals surface area contributed by atoms with Crippen LogP contribution in [0.25, 0.3) is 0 Å². The highest BCUT2D eigenvalue weighted by Gasteiger charge is 2.48. The number of hydrogen-bond donors (Lipinski definition) is 0. The second-order valence-electron chi connectivity index (χ2n) is 4.97. The van der Waals surface area contributed by atoms with Gasteiger partial charge in [0.05, 0.1) is 11.4 Å². The molecule has 0 radical (unpaired) electrons. The van der Waals surface area contributed by atoms with Gasteiger partial charge in [0, 0.05) is 0 Å². The largest absolute Gasteiger partial charge is 0.468 e. The molecule has 0 unspecified atom stereocenters. The van der Waals surface area contributed by atoms with E-state index in [4.69, 9.17) is 4.74 Å². The molecule has 0 aromatic rings. The van der Waals surface area contributed by atoms with Gasteiger partial charge >= 0.3 is 5.97 Å². The second kappa shape index (κ2) is 4.86. The highest BCUT2D eigenvalue weighted by molar-refractivity contribution is 9.10. The summed E-state index contributed by atoms with van der Waals surface area (Å²) in [7, 11) is 1.32. The zero-order valence-electron chi connectivity index (χ0n) is 10.1. The van der Waals surface area contributed by atoms with Crippen LogP contribution in [0.3, 0.4) is 0 Å². The Morgan fingerprint density at radius 3 is 2.12 bits per heavy atom. The Bertz CT molecular complexity index is 291. The first-order valence-electron chi connectivity index (χ1n) is 5.67. The summed E-state index contributed by atoms with van der Waals surface area (Å²) in [6.45, 7) is 3.28. The molecule has 4 heteroatoms. The molecule has 1 rings (SSSR count). The monoisotopic (exact) mass is 290 g/mol. The number of carbonyl (C=O) groups excluding carboxylic acids is 2. The van der Waals surface area contributed by atoms with E-state index in [-0.39, 0.29) is 5.78 Å². The van der Waals surface area contributed by atoms with Crippen molar-refractivity contribution in [3.63, 3.8) is 0 Å². The summed E-state index contributed by atoms with van der Waals surface area (Å²) in [6, 6.07) is 0. The predicted molar refractivity (Wildman–Crippen MR) is 65.5 cm³/mol. The summed E-state index contributed by atoms with van der Waals surface area (Å²) in [4.78, 5) is 24.0. The molecule has 0 saturated heterocycles. The molecule has 1 aliphatic rings. The number of methoxy groups -OCH3 is 1. The number of alkyl halides is 1. The molecule has 0 amide bonds. The van der Waals surface area contributed by atoms with Gasteiger partial charge in [-0.25, -0.2) is 0 Å². The van der Waals surface area contributed by atoms with Gasteiger partial charge < -0.3 is 4.74 Å². The van der Waals surface area contributed by atoms with E-state index < -0.39 is 15.7 Å². The average molecular weight is 291 g/mol. The molecule has 16 heavy (non-hydrogen) atoms. The predicted octanol–water partition coefficient (Wildman–Crippen LogP) is 2.85. The Labute approximate surface area is 105 Å². The van der Waals surface area contributed by atoms with Gasteiger partial charge in [0.2, 0.25) is 0 Å². The van der Waals surface area contributed by atoms with Crippen LogP contribution in [0, 0.1) is 5.41 Å². The van der Waals surface area contributed by atoms with E-state index in [1.807, 2.05) is 0 Å². The van der Waals surface area contributed by atoms with E-state index in [2.05, 4.69) is 15.9 Å². The summed E-state index contributed by atoms with van der Waals surface area (Å²) >= 11 is 3.54. The van der Waals surface area contributed by atoms with Gasteiger partial charge in [-0.3, -0.25) is 9.59 Å². The van der Waals surface area contributed by atoms with Crippen molar-refractivity contribution in [2.75, 3.05) is 7.11 Å². The lowest BCUT2D eigenvalue weighted by Crippen LogP contribution is -2.47. The molecule has 1 aliphatic carbocycles. The van der Waals surface area contributed by atoms with Crippen molar-refractivity contribution in [1.29, 1.82) is 0 Å². The Kier molecular flexibility index (Phi) is 4.16. The smallest absolute Gasteiger partial charge is 0.318 e. The number of ether oxygens (including phenoxy) is 1. The molecule has 92 valence electrons. The zero-order chi connectivity index (χ0) is 12.4. The van der Waals surface area contributed by atoms with Gasteiger partial charge in [-0.05, 0) is 26.7 Å². The van der Waals surface area contributed by atoms with Gasteiger partial charge in [-0.1, -0.05) is 35.2 Å². The normalized spacial score (nSPS) is 20.2. The van der Waals surface area contributed by atoms with Crippen molar-refractivity contribution in [2.45, 2.75) is 50.3 Å². The van der Waals surface area contributed by atoms with E-state index in [1.165, 1.54) is 13.5 Å². The fourth-order valence-corrected chi connectivity index (χ4v) is 3.30. The molecule has 0 atom stereocenters. The van der Waals surface area contributed by atoms with Crippen LogP contribution >= 0.6 is 15.9 Å². The second-order valence-corrected chi connectivity index (χ2v) is 6.49. The molecule has 1 fully saturated rings. The van der Waals surface area contributed by atoms with E-state index in [0.29, 0.717) is 0 Å². The van der Waals surface area contributed by atoms with E-state index in [0.717, 1.165) is 25.7 Å². The van der Waals surface area contributed by atoms with Crippen molar-refractivity contribution in [2.24, 2.45) is 5.41 Å². The third kappa shape index (κ3) is 2.47. The van der Waals surface area contributed by atoms with Crippen LogP contribution in [-0.2, 0) is 14.3 Å². The van der Waals surface area contributed by atoms with Crippen molar-refractivity contribution >= 4 is 27.7 Å². The first kappa shape index (κ1) is 13.7. The van der Waals surface area contributed by atoms with E-state index in [9.17, 15) is 9.59 Å². The first-order chi connectivity index (χ1) is 7.34. The summed E-state index contributed by atoms with van der Waals surface area (Å²) in [5, 5.41) is 0. The SMILES string of the molecule is COC(=O)C(C)(C)C(=O)C1(Br)CCCCC1. The van der Waals surface area contributed by atoms with Crippen molar-refractivity contribution < 1.29 is 14.3 Å². The Morgan fingerprint density at radius 1 is 1.19 bits per heavy atom. The van der Waals surface area contributed by atoms with Crippen LogP contribution in [0.1, 0.15) is 46.0 Å². The topological polar surface area (TPSA) is 43.4 Å². The molecule has 0 bridgehead atoms. The minimum atomic E-state index is -1.06. The Morgan fingerprint density at radius 2 is 1.69 bits per heavy atom. The van der Waals surface area contributed by atoms with Crippen molar-refractivity contribution in [1.82, 2.24) is 0 Å². The van der Waals surface area contributed by atoms with Gasteiger partial charge in [0.15, 0.2) is 5.78 Å². The fourth-order valence-electron chi connectivity index (χ4n) is 2.25. The van der Waals surface area contributed by atoms with Gasteiger partial charge in [-0.2, -0.15) is 0 Å². The summed E-state index contributed by atoms with van der Waals surface area (Å²) < 4.78 is 4.17. The van der Waals surface area contributed by atoms with Gasteiger partial charge in [0.25, 0.3) is 0 Å². The maximum Gasteiger partial charge on any atom is 0.318 e. The Hall–Kier alpha value is -0.380. The van der Waals surface area contributed by atoms with Crippen LogP contribution < -0.4 is 0 Å². The summed E-state index contributed by atoms with van der Waals surface area (Å²) in [6.07, 6.45) is 4.86. The minimum Gasteiger partial charge on any atom is -0.468 e. The molecule has 0 aliphatic heterocycles. The summed E-state index contributed by atoms with van der Waals surface area (Å²) in [5.41, 5.74) is -1.06. The molecule has 0 N–H and O–H groups in total. The average Bonchev–Trinajstić information content (AvgIpc) is 2.27. The van der Waals surface area contributed by atoms with Crippen LogP contribution in [0.4, 0.5) is 0 Å². The molecular formula is C12H19BrO3. The maximum absolute atomic E-state index is 12.4. The maximum atomic E-state index is 12.4. The highest BCUT2D eigenvalue weighted by atomic mass is 79.9. The van der Waals surface area contributed by atoms with Crippen LogP contribution in [0.2, 0.25) is 0 Å². The molecule has 0 spiro atoms. The first-order valence-corrected chi connectivity index (χ1v) is 6.46. The van der Waals surface area contributed by atoms with Gasteiger partial charge in [0.1, 0.15) is 5.41 Å². The van der Waals surface area contributed by atoms with Crippen molar-refractivity contribution in [3.8, 4) is 0 Å². The number of carbonyl (C=O) groups is 2. The lowest BCUT2D eigenvalue weighted by atomic mass is 9.75. The molecule has 0 heterocycles. The summed E-state index contributed by atoms with van der Waals surface area (Å²) in [5.74, 6) is -0.506. The Balaban J connectivity index is 2.87. The minimum absolute atomic E-state index is 0.0495. The van der Waals surface area contributed by atoms with Crippen LogP contribution in [0.5, 0.6) is 0 Å². The van der Waals surface area contributed by atoms with E-state index in [1.54, 1.807) is 13.8 Å². The number of halogens is 1.